The van der Waals surface area contributed by atoms with Gasteiger partial charge in [0.15, 0.2) is 0 Å². The van der Waals surface area contributed by atoms with Crippen molar-refractivity contribution in [1.82, 2.24) is 5.32 Å². The van der Waals surface area contributed by atoms with Crippen LogP contribution in [0.25, 0.3) is 0 Å². The molecular formula is C11H11ClN2O3. The van der Waals surface area contributed by atoms with E-state index in [1.54, 1.807) is 0 Å². The summed E-state index contributed by atoms with van der Waals surface area (Å²) in [6, 6.07) is 4.25. The summed E-state index contributed by atoms with van der Waals surface area (Å²) in [4.78, 5) is 22.5. The van der Waals surface area contributed by atoms with Gasteiger partial charge in [-0.05, 0) is 18.2 Å². The fourth-order valence-electron chi connectivity index (χ4n) is 1.50. The highest BCUT2D eigenvalue weighted by Crippen LogP contribution is 2.20. The van der Waals surface area contributed by atoms with Crippen LogP contribution >= 0.6 is 11.6 Å². The maximum Gasteiger partial charge on any atom is 0.335 e. The summed E-state index contributed by atoms with van der Waals surface area (Å²) < 4.78 is 0. The van der Waals surface area contributed by atoms with Crippen LogP contribution < -0.4 is 10.6 Å². The molecular weight excluding hydrogens is 244 g/mol. The number of carboxylic acid groups (broad SMARTS) is 1. The highest BCUT2D eigenvalue weighted by Gasteiger charge is 2.24. The summed E-state index contributed by atoms with van der Waals surface area (Å²) in [7, 11) is 0. The molecule has 6 heteroatoms. The first-order valence-corrected chi connectivity index (χ1v) is 5.49. The smallest absolute Gasteiger partial charge is 0.335 e. The second kappa shape index (κ2) is 4.73. The van der Waals surface area contributed by atoms with E-state index in [-0.39, 0.29) is 22.4 Å². The quantitative estimate of drug-likeness (QED) is 0.757. The normalized spacial score (nSPS) is 15.1. The first-order chi connectivity index (χ1) is 8.06. The molecule has 0 radical (unpaired) electrons. The Hall–Kier alpha value is -1.59. The zero-order valence-corrected chi connectivity index (χ0v) is 9.62. The van der Waals surface area contributed by atoms with Crippen LogP contribution in [-0.4, -0.2) is 30.1 Å². The van der Waals surface area contributed by atoms with E-state index in [1.165, 1.54) is 18.2 Å². The number of hydrogen-bond acceptors (Lipinski definition) is 3. The lowest BCUT2D eigenvalue weighted by Crippen LogP contribution is -2.48. The topological polar surface area (TPSA) is 78.4 Å². The Morgan fingerprint density at radius 1 is 1.35 bits per heavy atom. The van der Waals surface area contributed by atoms with Gasteiger partial charge in [0.05, 0.1) is 11.5 Å². The van der Waals surface area contributed by atoms with E-state index < -0.39 is 5.97 Å². The molecule has 3 N–H and O–H groups in total. The average Bonchev–Trinajstić information content (AvgIpc) is 2.13. The lowest BCUT2D eigenvalue weighted by molar-refractivity contribution is -0.121. The second-order valence-electron chi connectivity index (χ2n) is 3.88. The molecule has 0 aliphatic carbocycles. The predicted molar refractivity (Wildman–Crippen MR) is 63.4 cm³/mol. The van der Waals surface area contributed by atoms with E-state index in [9.17, 15) is 9.59 Å². The highest BCUT2D eigenvalue weighted by atomic mass is 35.5. The number of amides is 1. The Morgan fingerprint density at radius 3 is 2.59 bits per heavy atom. The van der Waals surface area contributed by atoms with E-state index in [0.717, 1.165) is 0 Å². The van der Waals surface area contributed by atoms with E-state index in [1.807, 2.05) is 0 Å². The fraction of sp³-hybridized carbons (Fsp3) is 0.273. The molecule has 2 rings (SSSR count). The van der Waals surface area contributed by atoms with Crippen LogP contribution in [0.4, 0.5) is 5.69 Å². The van der Waals surface area contributed by atoms with Gasteiger partial charge in [-0.2, -0.15) is 0 Å². The van der Waals surface area contributed by atoms with Crippen LogP contribution in [0.15, 0.2) is 18.2 Å². The predicted octanol–water partition coefficient (Wildman–Crippen LogP) is 1.20. The number of nitrogens with one attached hydrogen (secondary N) is 2. The molecule has 1 saturated heterocycles. The molecule has 1 amide bonds. The van der Waals surface area contributed by atoms with E-state index in [0.29, 0.717) is 18.8 Å². The van der Waals surface area contributed by atoms with Gasteiger partial charge in [0.25, 0.3) is 0 Å². The molecule has 17 heavy (non-hydrogen) atoms. The fourth-order valence-corrected chi connectivity index (χ4v) is 1.74. The van der Waals surface area contributed by atoms with Gasteiger partial charge in [-0.1, -0.05) is 11.6 Å². The Bertz CT molecular complexity index is 472. The molecule has 0 bridgehead atoms. The van der Waals surface area contributed by atoms with Gasteiger partial charge >= 0.3 is 5.97 Å². The van der Waals surface area contributed by atoms with Crippen LogP contribution in [0, 0.1) is 5.92 Å². The number of carbonyl (C=O) groups excluding carboxylic acids is 1. The molecule has 1 aromatic carbocycles. The van der Waals surface area contributed by atoms with Gasteiger partial charge in [-0.3, -0.25) is 4.79 Å². The minimum atomic E-state index is -1.08. The standard InChI is InChI=1S/C11H11ClN2O3/c12-8-1-6(11(16)17)2-9(3-8)14-10(15)7-4-13-5-7/h1-3,7,13H,4-5H2,(H,14,15)(H,16,17). The van der Waals surface area contributed by atoms with E-state index >= 15 is 0 Å². The molecule has 1 aliphatic rings. The average molecular weight is 255 g/mol. The molecule has 5 nitrogen and oxygen atoms in total. The van der Waals surface area contributed by atoms with Crippen molar-refractivity contribution in [3.63, 3.8) is 0 Å². The molecule has 0 saturated carbocycles. The lowest BCUT2D eigenvalue weighted by atomic mass is 10.0. The van der Waals surface area contributed by atoms with Crippen molar-refractivity contribution >= 4 is 29.2 Å². The summed E-state index contributed by atoms with van der Waals surface area (Å²) in [6.07, 6.45) is 0. The monoisotopic (exact) mass is 254 g/mol. The molecule has 0 unspecified atom stereocenters. The highest BCUT2D eigenvalue weighted by molar-refractivity contribution is 6.31. The summed E-state index contributed by atoms with van der Waals surface area (Å²) in [5, 5.41) is 14.8. The molecule has 1 heterocycles. The SMILES string of the molecule is O=C(O)c1cc(Cl)cc(NC(=O)C2CNC2)c1. The summed E-state index contributed by atoms with van der Waals surface area (Å²) in [6.45, 7) is 1.30. The van der Waals surface area contributed by atoms with Crippen molar-refractivity contribution in [2.45, 2.75) is 0 Å². The molecule has 90 valence electrons. The Labute approximate surface area is 103 Å². The molecule has 0 aromatic heterocycles. The van der Waals surface area contributed by atoms with Gasteiger partial charge in [0.2, 0.25) is 5.91 Å². The third kappa shape index (κ3) is 2.75. The van der Waals surface area contributed by atoms with E-state index in [2.05, 4.69) is 10.6 Å². The van der Waals surface area contributed by atoms with E-state index in [4.69, 9.17) is 16.7 Å². The summed E-state index contributed by atoms with van der Waals surface area (Å²) in [5.41, 5.74) is 0.464. The molecule has 0 atom stereocenters. The van der Waals surface area contributed by atoms with Gasteiger partial charge < -0.3 is 15.7 Å². The zero-order chi connectivity index (χ0) is 12.4. The number of benzene rings is 1. The van der Waals surface area contributed by atoms with Crippen molar-refractivity contribution in [2.75, 3.05) is 18.4 Å². The molecule has 1 aromatic rings. The Morgan fingerprint density at radius 2 is 2.06 bits per heavy atom. The van der Waals surface area contributed by atoms with Crippen molar-refractivity contribution in [3.8, 4) is 0 Å². The van der Waals surface area contributed by atoms with Crippen LogP contribution in [-0.2, 0) is 4.79 Å². The first-order valence-electron chi connectivity index (χ1n) is 5.12. The lowest BCUT2D eigenvalue weighted by Gasteiger charge is -2.25. The number of aromatic carboxylic acids is 1. The number of rotatable bonds is 3. The van der Waals surface area contributed by atoms with Crippen LogP contribution in [0.5, 0.6) is 0 Å². The number of anilines is 1. The number of hydrogen-bond donors (Lipinski definition) is 3. The number of halogens is 1. The van der Waals surface area contributed by atoms with Crippen molar-refractivity contribution < 1.29 is 14.7 Å². The van der Waals surface area contributed by atoms with Gasteiger partial charge in [-0.15, -0.1) is 0 Å². The number of carbonyl (C=O) groups is 2. The largest absolute Gasteiger partial charge is 0.478 e. The minimum absolute atomic E-state index is 0.0535. The Kier molecular flexibility index (Phi) is 3.31. The zero-order valence-electron chi connectivity index (χ0n) is 8.87. The second-order valence-corrected chi connectivity index (χ2v) is 4.31. The third-order valence-corrected chi connectivity index (χ3v) is 2.78. The number of carboxylic acids is 1. The van der Waals surface area contributed by atoms with Crippen molar-refractivity contribution in [2.24, 2.45) is 5.92 Å². The molecule has 1 fully saturated rings. The maximum atomic E-state index is 11.6. The molecule has 0 spiro atoms. The maximum absolute atomic E-state index is 11.6. The minimum Gasteiger partial charge on any atom is -0.478 e. The van der Waals surface area contributed by atoms with Crippen LogP contribution in [0.1, 0.15) is 10.4 Å². The third-order valence-electron chi connectivity index (χ3n) is 2.56. The van der Waals surface area contributed by atoms with Crippen molar-refractivity contribution in [1.29, 1.82) is 0 Å². The first kappa shape index (κ1) is 11.9. The van der Waals surface area contributed by atoms with Gasteiger partial charge in [-0.25, -0.2) is 4.79 Å². The molecule has 1 aliphatic heterocycles. The van der Waals surface area contributed by atoms with Gasteiger partial charge in [0, 0.05) is 23.8 Å². The van der Waals surface area contributed by atoms with Crippen molar-refractivity contribution in [3.05, 3.63) is 28.8 Å². The Balaban J connectivity index is 2.14. The van der Waals surface area contributed by atoms with Gasteiger partial charge in [0.1, 0.15) is 0 Å². The van der Waals surface area contributed by atoms with Crippen LogP contribution in [0.2, 0.25) is 5.02 Å². The summed E-state index contributed by atoms with van der Waals surface area (Å²) >= 11 is 5.78. The summed E-state index contributed by atoms with van der Waals surface area (Å²) in [5.74, 6) is -1.25. The van der Waals surface area contributed by atoms with Crippen LogP contribution in [0.3, 0.4) is 0 Å².